The molecule has 8 rings (SSSR count). The summed E-state index contributed by atoms with van der Waals surface area (Å²) >= 11 is 0. The Bertz CT molecular complexity index is 2910. The minimum absolute atomic E-state index is 0.0868. The van der Waals surface area contributed by atoms with E-state index < -0.39 is 23.1 Å². The Morgan fingerprint density at radius 3 is 0.550 bits per heavy atom. The van der Waals surface area contributed by atoms with E-state index in [4.69, 9.17) is 19.4 Å². The first kappa shape index (κ1) is 58.7. The molecule has 0 aliphatic heterocycles. The maximum Gasteiger partial charge on any atom is 0.341 e. The summed E-state index contributed by atoms with van der Waals surface area (Å²) in [6, 6.07) is 57.7. The van der Waals surface area contributed by atoms with Crippen molar-refractivity contribution in [2.45, 2.75) is 168 Å². The van der Waals surface area contributed by atoms with Gasteiger partial charge < -0.3 is 9.47 Å². The molecule has 0 saturated heterocycles. The quantitative estimate of drug-likeness (QED) is 0.0949. The third-order valence-corrected chi connectivity index (χ3v) is 15.7. The van der Waals surface area contributed by atoms with E-state index in [0.717, 1.165) is 33.4 Å². The van der Waals surface area contributed by atoms with Crippen LogP contribution in [0.5, 0.6) is 0 Å². The van der Waals surface area contributed by atoms with E-state index in [0.29, 0.717) is 11.4 Å². The molecule has 0 atom stereocenters. The Balaban J connectivity index is 1.15. The van der Waals surface area contributed by atoms with Crippen molar-refractivity contribution in [3.8, 4) is 11.4 Å². The number of rotatable bonds is 11. The molecule has 0 amide bonds. The maximum absolute atomic E-state index is 14.9. The molecule has 0 bridgehead atoms. The number of nitrogens with zero attached hydrogens (tertiary/aromatic N) is 2. The molecular formula is C74H84N2O4. The van der Waals surface area contributed by atoms with Crippen molar-refractivity contribution in [1.29, 1.82) is 0 Å². The van der Waals surface area contributed by atoms with E-state index in [-0.39, 0.29) is 43.6 Å². The van der Waals surface area contributed by atoms with Gasteiger partial charge in [0, 0.05) is 45.8 Å². The fourth-order valence-corrected chi connectivity index (χ4v) is 10.3. The van der Waals surface area contributed by atoms with E-state index >= 15 is 0 Å². The Kier molecular flexibility index (Phi) is 15.8. The van der Waals surface area contributed by atoms with Crippen molar-refractivity contribution in [2.24, 2.45) is 0 Å². The molecule has 80 heavy (non-hydrogen) atoms. The molecule has 6 heteroatoms. The molecule has 0 aliphatic carbocycles. The van der Waals surface area contributed by atoms with Crippen LogP contribution < -0.4 is 0 Å². The molecule has 8 aromatic rings. The summed E-state index contributed by atoms with van der Waals surface area (Å²) < 4.78 is 14.0. The smallest absolute Gasteiger partial charge is 0.341 e. The lowest BCUT2D eigenvalue weighted by atomic mass is 9.76. The molecule has 0 unspecified atom stereocenters. The van der Waals surface area contributed by atoms with Gasteiger partial charge in [-0.15, -0.1) is 0 Å². The van der Waals surface area contributed by atoms with Gasteiger partial charge in [-0.25, -0.2) is 9.59 Å². The zero-order valence-corrected chi connectivity index (χ0v) is 50.8. The maximum atomic E-state index is 14.9. The molecular weight excluding hydrogens is 981 g/mol. The molecule has 6 nitrogen and oxygen atoms in total. The first-order chi connectivity index (χ1) is 37.2. The first-order valence-electron chi connectivity index (χ1n) is 28.3. The number of benzene rings is 6. The van der Waals surface area contributed by atoms with Crippen LogP contribution in [0.1, 0.15) is 212 Å². The summed E-state index contributed by atoms with van der Waals surface area (Å²) in [6.45, 7) is 39.5. The van der Waals surface area contributed by atoms with Crippen LogP contribution in [0.15, 0.2) is 182 Å². The second kappa shape index (κ2) is 21.6. The molecule has 2 heterocycles. The van der Waals surface area contributed by atoms with Crippen molar-refractivity contribution >= 4 is 11.9 Å². The number of aromatic nitrogens is 2. The van der Waals surface area contributed by atoms with Crippen LogP contribution in [0, 0.1) is 0 Å². The standard InChI is InChI=1S/C74H84N2O4/c1-67(2,3)51-21-33-57(34-22-51)73(58-35-23-52(24-36-58)68(4,5)6,59-37-25-53(26-38-59)69(7,8)9)79-65(77)49-19-45-63(75-47-49)64-46-20-50(48-76-64)66(78)80-74(60-39-27-54(28-40-60)70(10,11)12,61-41-29-55(30-42-61)71(13,14)15)62-43-31-56(32-44-62)72(16,17)18/h19-48H,1-18H3. The fraction of sp³-hybridized carbons (Fsp3) is 0.351. The van der Waals surface area contributed by atoms with Crippen LogP contribution in [0.25, 0.3) is 11.4 Å². The van der Waals surface area contributed by atoms with Gasteiger partial charge in [0.25, 0.3) is 0 Å². The monoisotopic (exact) mass is 1060 g/mol. The Morgan fingerprint density at radius 2 is 0.412 bits per heavy atom. The minimum Gasteiger partial charge on any atom is -0.441 e. The van der Waals surface area contributed by atoms with Crippen molar-refractivity contribution in [2.75, 3.05) is 0 Å². The Morgan fingerprint density at radius 1 is 0.250 bits per heavy atom. The molecule has 0 N–H and O–H groups in total. The summed E-state index contributed by atoms with van der Waals surface area (Å²) in [6.07, 6.45) is 3.07. The van der Waals surface area contributed by atoms with Crippen LogP contribution in [-0.4, -0.2) is 21.9 Å². The van der Waals surface area contributed by atoms with Gasteiger partial charge in [0.2, 0.25) is 0 Å². The largest absolute Gasteiger partial charge is 0.441 e. The highest BCUT2D eigenvalue weighted by Gasteiger charge is 2.44. The third kappa shape index (κ3) is 12.3. The average molecular weight is 1070 g/mol. The highest BCUT2D eigenvalue weighted by molar-refractivity contribution is 5.91. The molecule has 0 fully saturated rings. The van der Waals surface area contributed by atoms with Crippen LogP contribution in [-0.2, 0) is 53.2 Å². The normalized spacial score (nSPS) is 13.0. The van der Waals surface area contributed by atoms with Crippen molar-refractivity contribution in [3.05, 3.63) is 260 Å². The summed E-state index contributed by atoms with van der Waals surface area (Å²) in [4.78, 5) is 39.4. The zero-order chi connectivity index (χ0) is 58.4. The Labute approximate surface area is 478 Å². The second-order valence-corrected chi connectivity index (χ2v) is 28.0. The minimum atomic E-state index is -1.33. The number of ether oxygens (including phenoxy) is 2. The third-order valence-electron chi connectivity index (χ3n) is 15.7. The molecule has 0 radical (unpaired) electrons. The molecule has 414 valence electrons. The Hall–Kier alpha value is -7.44. The first-order valence-corrected chi connectivity index (χ1v) is 28.3. The number of hydrogen-bond donors (Lipinski definition) is 0. The van der Waals surface area contributed by atoms with E-state index in [1.165, 1.54) is 45.8 Å². The average Bonchev–Trinajstić information content (AvgIpc) is 3.52. The van der Waals surface area contributed by atoms with Gasteiger partial charge in [-0.3, -0.25) is 9.97 Å². The van der Waals surface area contributed by atoms with E-state index in [9.17, 15) is 9.59 Å². The molecule has 2 aromatic heterocycles. The molecule has 6 aromatic carbocycles. The second-order valence-electron chi connectivity index (χ2n) is 28.0. The summed E-state index contributed by atoms with van der Waals surface area (Å²) in [7, 11) is 0. The van der Waals surface area contributed by atoms with Crippen LogP contribution in [0.2, 0.25) is 0 Å². The topological polar surface area (TPSA) is 78.4 Å². The highest BCUT2D eigenvalue weighted by atomic mass is 16.6. The number of esters is 2. The van der Waals surface area contributed by atoms with Gasteiger partial charge in [-0.1, -0.05) is 270 Å². The number of carbonyl (C=O) groups excluding carboxylic acids is 2. The number of pyridine rings is 2. The van der Waals surface area contributed by atoms with Crippen LogP contribution in [0.3, 0.4) is 0 Å². The van der Waals surface area contributed by atoms with Crippen LogP contribution >= 0.6 is 0 Å². The fourth-order valence-electron chi connectivity index (χ4n) is 10.3. The summed E-state index contributed by atoms with van der Waals surface area (Å²) in [5.74, 6) is -1.07. The number of hydrogen-bond acceptors (Lipinski definition) is 6. The number of carbonyl (C=O) groups is 2. The van der Waals surface area contributed by atoms with Gasteiger partial charge in [0.05, 0.1) is 22.5 Å². The zero-order valence-electron chi connectivity index (χ0n) is 50.8. The van der Waals surface area contributed by atoms with Gasteiger partial charge >= 0.3 is 11.9 Å². The van der Waals surface area contributed by atoms with Gasteiger partial charge in [0.1, 0.15) is 0 Å². The van der Waals surface area contributed by atoms with Crippen molar-refractivity contribution in [3.63, 3.8) is 0 Å². The van der Waals surface area contributed by atoms with E-state index in [2.05, 4.69) is 270 Å². The van der Waals surface area contributed by atoms with Gasteiger partial charge in [-0.2, -0.15) is 0 Å². The van der Waals surface area contributed by atoms with Crippen molar-refractivity contribution in [1.82, 2.24) is 9.97 Å². The van der Waals surface area contributed by atoms with E-state index in [1.54, 1.807) is 24.3 Å². The molecule has 0 saturated carbocycles. The van der Waals surface area contributed by atoms with Crippen molar-refractivity contribution < 1.29 is 19.1 Å². The van der Waals surface area contributed by atoms with Gasteiger partial charge in [-0.05, 0) is 90.1 Å². The molecule has 0 spiro atoms. The lowest BCUT2D eigenvalue weighted by Crippen LogP contribution is -2.36. The summed E-state index contributed by atoms with van der Waals surface area (Å²) in [5.41, 5.74) is 10.4. The molecule has 0 aliphatic rings. The highest BCUT2D eigenvalue weighted by Crippen LogP contribution is 2.46. The SMILES string of the molecule is CC(C)(C)c1ccc(C(OC(=O)c2ccc(-c3ccc(C(=O)OC(c4ccc(C(C)(C)C)cc4)(c4ccc(C(C)(C)C)cc4)c4ccc(C(C)(C)C)cc4)cn3)nc2)(c2ccc(C(C)(C)C)cc2)c2ccc(C(C)(C)C)cc2)cc1. The lowest BCUT2D eigenvalue weighted by molar-refractivity contribution is 0.0132. The van der Waals surface area contributed by atoms with Crippen LogP contribution in [0.4, 0.5) is 0 Å². The summed E-state index contributed by atoms with van der Waals surface area (Å²) in [5, 5.41) is 0. The van der Waals surface area contributed by atoms with Gasteiger partial charge in [0.15, 0.2) is 11.2 Å². The van der Waals surface area contributed by atoms with E-state index in [1.807, 2.05) is 0 Å². The lowest BCUT2D eigenvalue weighted by Gasteiger charge is -2.36. The predicted octanol–water partition coefficient (Wildman–Crippen LogP) is 18.2. The predicted molar refractivity (Wildman–Crippen MR) is 329 cm³/mol.